The molecule has 1 atom stereocenters. The van der Waals surface area contributed by atoms with E-state index in [4.69, 9.17) is 14.2 Å². The molecular weight excluding hydrogens is 356 g/mol. The molecule has 2 aromatic carbocycles. The normalized spacial score (nSPS) is 13.6. The summed E-state index contributed by atoms with van der Waals surface area (Å²) >= 11 is 0. The summed E-state index contributed by atoms with van der Waals surface area (Å²) in [4.78, 5) is 16.0. The highest BCUT2D eigenvalue weighted by molar-refractivity contribution is 5.86. The summed E-state index contributed by atoms with van der Waals surface area (Å²) in [7, 11) is 1.66. The molecule has 0 spiro atoms. The lowest BCUT2D eigenvalue weighted by Crippen LogP contribution is -2.27. The second kappa shape index (κ2) is 8.35. The molecule has 0 fully saturated rings. The maximum Gasteiger partial charge on any atom is 0.231 e. The standard InChI is InChI=1S/C22H24N2O4/c1-26-11-5-10-23-21(25)12-17(16-7-4-9-20-22(16)28-14-27-20)18-13-24-19-8-3-2-6-15(18)19/h2-4,6-9,13,17,24H,5,10-12,14H2,1H3,(H,23,25)/t17-/m0/s1. The maximum atomic E-state index is 12.7. The average molecular weight is 380 g/mol. The molecule has 28 heavy (non-hydrogen) atoms. The molecule has 4 rings (SSSR count). The van der Waals surface area contributed by atoms with Crippen LogP contribution in [0.3, 0.4) is 0 Å². The topological polar surface area (TPSA) is 72.6 Å². The summed E-state index contributed by atoms with van der Waals surface area (Å²) < 4.78 is 16.3. The van der Waals surface area contributed by atoms with Gasteiger partial charge < -0.3 is 24.5 Å². The van der Waals surface area contributed by atoms with Gasteiger partial charge in [0, 0.05) is 55.3 Å². The maximum absolute atomic E-state index is 12.7. The molecule has 1 amide bonds. The highest BCUT2D eigenvalue weighted by atomic mass is 16.7. The number of hydrogen-bond acceptors (Lipinski definition) is 4. The number of benzene rings is 2. The predicted molar refractivity (Wildman–Crippen MR) is 107 cm³/mol. The second-order valence-electron chi connectivity index (χ2n) is 6.82. The Morgan fingerprint density at radius 2 is 2.07 bits per heavy atom. The van der Waals surface area contributed by atoms with Crippen molar-refractivity contribution in [3.05, 3.63) is 59.8 Å². The van der Waals surface area contributed by atoms with Gasteiger partial charge in [0.25, 0.3) is 0 Å². The summed E-state index contributed by atoms with van der Waals surface area (Å²) in [6, 6.07) is 14.0. The Morgan fingerprint density at radius 3 is 2.96 bits per heavy atom. The second-order valence-corrected chi connectivity index (χ2v) is 6.82. The fourth-order valence-corrected chi connectivity index (χ4v) is 3.70. The van der Waals surface area contributed by atoms with E-state index in [9.17, 15) is 4.79 Å². The quantitative estimate of drug-likeness (QED) is 0.586. The molecule has 1 aromatic heterocycles. The number of para-hydroxylation sites is 2. The van der Waals surface area contributed by atoms with E-state index in [1.807, 2.05) is 42.6 Å². The van der Waals surface area contributed by atoms with Crippen molar-refractivity contribution in [2.24, 2.45) is 0 Å². The smallest absolute Gasteiger partial charge is 0.231 e. The molecule has 146 valence electrons. The largest absolute Gasteiger partial charge is 0.454 e. The highest BCUT2D eigenvalue weighted by Gasteiger charge is 2.28. The lowest BCUT2D eigenvalue weighted by Gasteiger charge is -2.19. The van der Waals surface area contributed by atoms with Crippen LogP contribution in [0.15, 0.2) is 48.7 Å². The van der Waals surface area contributed by atoms with Crippen LogP contribution in [0.2, 0.25) is 0 Å². The first-order chi connectivity index (χ1) is 13.8. The minimum Gasteiger partial charge on any atom is -0.454 e. The van der Waals surface area contributed by atoms with Gasteiger partial charge >= 0.3 is 0 Å². The van der Waals surface area contributed by atoms with E-state index in [0.717, 1.165) is 39.9 Å². The molecule has 0 aliphatic carbocycles. The Labute approximate surface area is 163 Å². The fourth-order valence-electron chi connectivity index (χ4n) is 3.70. The number of nitrogens with one attached hydrogen (secondary N) is 2. The van der Waals surface area contributed by atoms with Gasteiger partial charge in [-0.1, -0.05) is 30.3 Å². The number of fused-ring (bicyclic) bond motifs is 2. The molecule has 1 aliphatic heterocycles. The lowest BCUT2D eigenvalue weighted by molar-refractivity contribution is -0.121. The summed E-state index contributed by atoms with van der Waals surface area (Å²) in [5.41, 5.74) is 3.09. The predicted octanol–water partition coefficient (Wildman–Crippen LogP) is 3.57. The molecule has 3 aromatic rings. The first kappa shape index (κ1) is 18.4. The number of rotatable bonds is 8. The van der Waals surface area contributed by atoms with Crippen molar-refractivity contribution >= 4 is 16.8 Å². The van der Waals surface area contributed by atoms with Gasteiger partial charge in [0.1, 0.15) is 0 Å². The zero-order chi connectivity index (χ0) is 19.3. The summed E-state index contributed by atoms with van der Waals surface area (Å²) in [5, 5.41) is 4.10. The molecule has 0 radical (unpaired) electrons. The monoisotopic (exact) mass is 380 g/mol. The van der Waals surface area contributed by atoms with E-state index in [0.29, 0.717) is 19.6 Å². The van der Waals surface area contributed by atoms with Crippen LogP contribution in [0.1, 0.15) is 29.9 Å². The van der Waals surface area contributed by atoms with Gasteiger partial charge in [0.05, 0.1) is 0 Å². The SMILES string of the molecule is COCCCNC(=O)C[C@@H](c1cccc2c1OCO2)c1c[nH]c2ccccc12. The van der Waals surface area contributed by atoms with Gasteiger partial charge in [-0.2, -0.15) is 0 Å². The molecule has 1 aliphatic rings. The number of amides is 1. The van der Waals surface area contributed by atoms with Crippen LogP contribution in [0, 0.1) is 0 Å². The van der Waals surface area contributed by atoms with Gasteiger partial charge in [-0.25, -0.2) is 0 Å². The number of carbonyl (C=O) groups is 1. The molecule has 6 heteroatoms. The number of H-pyrrole nitrogens is 1. The summed E-state index contributed by atoms with van der Waals surface area (Å²) in [6.45, 7) is 1.43. The Balaban J connectivity index is 1.66. The van der Waals surface area contributed by atoms with E-state index in [1.54, 1.807) is 7.11 Å². The number of hydrogen-bond donors (Lipinski definition) is 2. The summed E-state index contributed by atoms with van der Waals surface area (Å²) in [5.74, 6) is 1.31. The average Bonchev–Trinajstić information content (AvgIpc) is 3.36. The zero-order valence-electron chi connectivity index (χ0n) is 15.9. The lowest BCUT2D eigenvalue weighted by atomic mass is 9.87. The minimum atomic E-state index is -0.143. The molecule has 6 nitrogen and oxygen atoms in total. The van der Waals surface area contributed by atoms with E-state index in [1.165, 1.54) is 0 Å². The van der Waals surface area contributed by atoms with Crippen molar-refractivity contribution in [3.63, 3.8) is 0 Å². The Hall–Kier alpha value is -2.99. The van der Waals surface area contributed by atoms with E-state index in [-0.39, 0.29) is 18.6 Å². The van der Waals surface area contributed by atoms with Gasteiger partial charge in [-0.05, 0) is 24.1 Å². The summed E-state index contributed by atoms with van der Waals surface area (Å²) in [6.07, 6.45) is 3.11. The highest BCUT2D eigenvalue weighted by Crippen LogP contribution is 2.43. The van der Waals surface area contributed by atoms with Crippen LogP contribution in [0.25, 0.3) is 10.9 Å². The number of aromatic amines is 1. The Bertz CT molecular complexity index is 966. The van der Waals surface area contributed by atoms with Gasteiger partial charge in [0.2, 0.25) is 12.7 Å². The molecule has 2 heterocycles. The molecule has 0 bridgehead atoms. The number of ether oxygens (including phenoxy) is 3. The van der Waals surface area contributed by atoms with Crippen molar-refractivity contribution in [1.82, 2.24) is 10.3 Å². The third-order valence-electron chi connectivity index (χ3n) is 5.04. The van der Waals surface area contributed by atoms with Crippen LogP contribution in [0.5, 0.6) is 11.5 Å². The number of carbonyl (C=O) groups excluding carboxylic acids is 1. The van der Waals surface area contributed by atoms with E-state index in [2.05, 4.69) is 16.4 Å². The molecule has 2 N–H and O–H groups in total. The van der Waals surface area contributed by atoms with Crippen molar-refractivity contribution in [2.75, 3.05) is 27.1 Å². The first-order valence-electron chi connectivity index (χ1n) is 9.48. The molecule has 0 saturated carbocycles. The van der Waals surface area contributed by atoms with Crippen LogP contribution >= 0.6 is 0 Å². The molecule has 0 unspecified atom stereocenters. The number of aromatic nitrogens is 1. The van der Waals surface area contributed by atoms with Crippen LogP contribution in [-0.4, -0.2) is 37.9 Å². The minimum absolute atomic E-state index is 0.00269. The van der Waals surface area contributed by atoms with Crippen LogP contribution < -0.4 is 14.8 Å². The third kappa shape index (κ3) is 3.68. The van der Waals surface area contributed by atoms with Crippen LogP contribution in [-0.2, 0) is 9.53 Å². The zero-order valence-corrected chi connectivity index (χ0v) is 15.9. The van der Waals surface area contributed by atoms with E-state index < -0.39 is 0 Å². The molecule has 0 saturated heterocycles. The van der Waals surface area contributed by atoms with Crippen LogP contribution in [0.4, 0.5) is 0 Å². The van der Waals surface area contributed by atoms with Gasteiger partial charge in [0.15, 0.2) is 11.5 Å². The van der Waals surface area contributed by atoms with Gasteiger partial charge in [-0.15, -0.1) is 0 Å². The van der Waals surface area contributed by atoms with Crippen molar-refractivity contribution in [3.8, 4) is 11.5 Å². The third-order valence-corrected chi connectivity index (χ3v) is 5.04. The Morgan fingerprint density at radius 1 is 1.18 bits per heavy atom. The first-order valence-corrected chi connectivity index (χ1v) is 9.48. The Kier molecular flexibility index (Phi) is 5.48. The van der Waals surface area contributed by atoms with Gasteiger partial charge in [-0.3, -0.25) is 4.79 Å². The fraction of sp³-hybridized carbons (Fsp3) is 0.318. The van der Waals surface area contributed by atoms with Crippen molar-refractivity contribution < 1.29 is 19.0 Å². The van der Waals surface area contributed by atoms with Crippen molar-refractivity contribution in [2.45, 2.75) is 18.8 Å². The number of methoxy groups -OCH3 is 1. The molecular formula is C22H24N2O4. The van der Waals surface area contributed by atoms with E-state index >= 15 is 0 Å². The van der Waals surface area contributed by atoms with Crippen molar-refractivity contribution in [1.29, 1.82) is 0 Å².